The summed E-state index contributed by atoms with van der Waals surface area (Å²) in [7, 11) is 0. The Hall–Kier alpha value is -3.36. The predicted octanol–water partition coefficient (Wildman–Crippen LogP) is 3.80. The molecular weight excluding hydrogens is 421 g/mol. The zero-order valence-corrected chi connectivity index (χ0v) is 17.8. The summed E-state index contributed by atoms with van der Waals surface area (Å²) < 4.78 is 43.3. The molecule has 0 radical (unpaired) electrons. The van der Waals surface area contributed by atoms with Gasteiger partial charge in [-0.05, 0) is 42.7 Å². The second-order valence-corrected chi connectivity index (χ2v) is 7.82. The molecule has 168 valence electrons. The molecule has 6 nitrogen and oxygen atoms in total. The van der Waals surface area contributed by atoms with Crippen LogP contribution in [-0.2, 0) is 32.2 Å². The van der Waals surface area contributed by atoms with Gasteiger partial charge < -0.3 is 0 Å². The number of hydrogen-bond donors (Lipinski definition) is 0. The van der Waals surface area contributed by atoms with Crippen LogP contribution in [0.2, 0.25) is 0 Å². The average Bonchev–Trinajstić information content (AvgIpc) is 3.39. The van der Waals surface area contributed by atoms with Crippen LogP contribution in [0.3, 0.4) is 0 Å². The van der Waals surface area contributed by atoms with E-state index in [1.807, 2.05) is 19.9 Å². The van der Waals surface area contributed by atoms with Gasteiger partial charge in [-0.1, -0.05) is 19.1 Å². The predicted molar refractivity (Wildman–Crippen MR) is 115 cm³/mol. The van der Waals surface area contributed by atoms with Crippen molar-refractivity contribution in [2.24, 2.45) is 0 Å². The Labute approximate surface area is 182 Å². The van der Waals surface area contributed by atoms with Gasteiger partial charge in [-0.15, -0.1) is 0 Å². The third-order valence-corrected chi connectivity index (χ3v) is 5.61. The Bertz CT molecular complexity index is 1310. The van der Waals surface area contributed by atoms with Gasteiger partial charge in [0.2, 0.25) is 0 Å². The van der Waals surface area contributed by atoms with Crippen molar-refractivity contribution in [2.75, 3.05) is 0 Å². The lowest BCUT2D eigenvalue weighted by molar-refractivity contribution is -0.137. The zero-order valence-electron chi connectivity index (χ0n) is 17.8. The van der Waals surface area contributed by atoms with Crippen molar-refractivity contribution in [3.63, 3.8) is 0 Å². The molecule has 0 unspecified atom stereocenters. The standard InChI is InChI=1S/C23H23F3N4O2/c1-3-8-30-21(31)19-10-16(11-20(19)29(4-2)22(30)32)17-12-27-28(14-17)13-15-6-5-7-18(9-15)23(24,25)26/h5-7,9,11-12,14H,3-4,8,10,13H2,1-2H3. The Morgan fingerprint density at radius 3 is 2.59 bits per heavy atom. The van der Waals surface area contributed by atoms with Gasteiger partial charge in [0, 0.05) is 36.8 Å². The molecule has 0 saturated carbocycles. The van der Waals surface area contributed by atoms with Crippen LogP contribution in [0, 0.1) is 0 Å². The summed E-state index contributed by atoms with van der Waals surface area (Å²) in [5.74, 6) is 0. The first-order chi connectivity index (χ1) is 15.2. The molecule has 3 aromatic rings. The molecule has 0 atom stereocenters. The van der Waals surface area contributed by atoms with Crippen LogP contribution in [0.15, 0.2) is 46.2 Å². The Kier molecular flexibility index (Phi) is 5.66. The van der Waals surface area contributed by atoms with Crippen LogP contribution >= 0.6 is 0 Å². The number of fused-ring (bicyclic) bond motifs is 1. The molecule has 32 heavy (non-hydrogen) atoms. The normalized spacial score (nSPS) is 13.3. The van der Waals surface area contributed by atoms with Gasteiger partial charge >= 0.3 is 11.9 Å². The minimum absolute atomic E-state index is 0.188. The molecule has 0 aliphatic heterocycles. The lowest BCUT2D eigenvalue weighted by Gasteiger charge is -2.12. The quantitative estimate of drug-likeness (QED) is 0.581. The fourth-order valence-electron chi connectivity index (χ4n) is 4.07. The van der Waals surface area contributed by atoms with Crippen LogP contribution in [0.5, 0.6) is 0 Å². The largest absolute Gasteiger partial charge is 0.416 e. The van der Waals surface area contributed by atoms with E-state index >= 15 is 0 Å². The first kappa shape index (κ1) is 21.9. The van der Waals surface area contributed by atoms with Gasteiger partial charge in [-0.25, -0.2) is 4.79 Å². The van der Waals surface area contributed by atoms with Crippen LogP contribution in [0.25, 0.3) is 11.6 Å². The Balaban J connectivity index is 1.63. The number of allylic oxidation sites excluding steroid dienone is 1. The topological polar surface area (TPSA) is 61.8 Å². The van der Waals surface area contributed by atoms with Gasteiger partial charge in [-0.2, -0.15) is 18.3 Å². The van der Waals surface area contributed by atoms with E-state index in [1.165, 1.54) is 10.6 Å². The molecule has 4 rings (SSSR count). The minimum atomic E-state index is -4.40. The highest BCUT2D eigenvalue weighted by atomic mass is 19.4. The number of benzene rings is 1. The highest BCUT2D eigenvalue weighted by Gasteiger charge is 2.30. The van der Waals surface area contributed by atoms with Crippen LogP contribution in [-0.4, -0.2) is 18.9 Å². The Morgan fingerprint density at radius 2 is 1.91 bits per heavy atom. The van der Waals surface area contributed by atoms with E-state index in [-0.39, 0.29) is 17.8 Å². The maximum Gasteiger partial charge on any atom is 0.416 e. The van der Waals surface area contributed by atoms with Crippen LogP contribution in [0.1, 0.15) is 48.2 Å². The van der Waals surface area contributed by atoms with E-state index in [2.05, 4.69) is 5.10 Å². The zero-order chi connectivity index (χ0) is 23.0. The summed E-state index contributed by atoms with van der Waals surface area (Å²) in [6, 6.07) is 5.15. The molecule has 1 aliphatic rings. The van der Waals surface area contributed by atoms with Gasteiger partial charge in [-0.3, -0.25) is 18.6 Å². The number of aromatic nitrogens is 4. The summed E-state index contributed by atoms with van der Waals surface area (Å²) in [6.45, 7) is 4.78. The fraction of sp³-hybridized carbons (Fsp3) is 0.348. The lowest BCUT2D eigenvalue weighted by atomic mass is 10.1. The monoisotopic (exact) mass is 444 g/mol. The number of alkyl halides is 3. The summed E-state index contributed by atoms with van der Waals surface area (Å²) in [5, 5.41) is 4.28. The SMILES string of the molecule is CCCn1c(=O)c2c(n(CC)c1=O)C=C(c1cnn(Cc3cccc(C(F)(F)F)c3)c1)C2. The first-order valence-electron chi connectivity index (χ1n) is 10.5. The van der Waals surface area contributed by atoms with E-state index in [1.54, 1.807) is 27.7 Å². The van der Waals surface area contributed by atoms with E-state index in [0.717, 1.165) is 23.3 Å². The second kappa shape index (κ2) is 8.29. The van der Waals surface area contributed by atoms with Crippen LogP contribution in [0.4, 0.5) is 13.2 Å². The lowest BCUT2D eigenvalue weighted by Crippen LogP contribution is -2.42. The van der Waals surface area contributed by atoms with Gasteiger partial charge in [0.25, 0.3) is 5.56 Å². The maximum atomic E-state index is 13.0. The van der Waals surface area contributed by atoms with Gasteiger partial charge in [0.15, 0.2) is 0 Å². The summed E-state index contributed by atoms with van der Waals surface area (Å²) >= 11 is 0. The van der Waals surface area contributed by atoms with Crippen molar-refractivity contribution in [1.29, 1.82) is 0 Å². The number of halogens is 3. The maximum absolute atomic E-state index is 13.0. The third kappa shape index (κ3) is 3.94. The molecule has 1 aromatic carbocycles. The summed E-state index contributed by atoms with van der Waals surface area (Å²) in [6.07, 6.45) is 1.88. The highest BCUT2D eigenvalue weighted by molar-refractivity contribution is 5.87. The van der Waals surface area contributed by atoms with E-state index in [4.69, 9.17) is 0 Å². The molecule has 0 fully saturated rings. The van der Waals surface area contributed by atoms with E-state index in [9.17, 15) is 22.8 Å². The molecule has 2 heterocycles. The van der Waals surface area contributed by atoms with E-state index < -0.39 is 11.7 Å². The minimum Gasteiger partial charge on any atom is -0.294 e. The second-order valence-electron chi connectivity index (χ2n) is 7.82. The van der Waals surface area contributed by atoms with E-state index in [0.29, 0.717) is 42.8 Å². The third-order valence-electron chi connectivity index (χ3n) is 5.61. The van der Waals surface area contributed by atoms with Crippen molar-refractivity contribution in [1.82, 2.24) is 18.9 Å². The van der Waals surface area contributed by atoms with Gasteiger partial charge in [0.05, 0.1) is 24.0 Å². The summed E-state index contributed by atoms with van der Waals surface area (Å²) in [4.78, 5) is 25.6. The molecule has 0 N–H and O–H groups in total. The van der Waals surface area contributed by atoms with Crippen molar-refractivity contribution in [3.8, 4) is 0 Å². The smallest absolute Gasteiger partial charge is 0.294 e. The number of hydrogen-bond acceptors (Lipinski definition) is 3. The van der Waals surface area contributed by atoms with Crippen molar-refractivity contribution >= 4 is 11.6 Å². The van der Waals surface area contributed by atoms with Crippen molar-refractivity contribution < 1.29 is 13.2 Å². The molecule has 0 spiro atoms. The molecule has 0 amide bonds. The fourth-order valence-corrected chi connectivity index (χ4v) is 4.07. The highest BCUT2D eigenvalue weighted by Crippen LogP contribution is 2.31. The molecule has 9 heteroatoms. The van der Waals surface area contributed by atoms with Crippen molar-refractivity contribution in [3.05, 3.63) is 85.4 Å². The molecule has 2 aromatic heterocycles. The molecule has 1 aliphatic carbocycles. The van der Waals surface area contributed by atoms with Gasteiger partial charge in [0.1, 0.15) is 0 Å². The van der Waals surface area contributed by atoms with Crippen LogP contribution < -0.4 is 11.2 Å². The molecule has 0 saturated heterocycles. The molecular formula is C23H23F3N4O2. The number of rotatable bonds is 6. The van der Waals surface area contributed by atoms with Crippen molar-refractivity contribution in [2.45, 2.75) is 52.5 Å². The molecule has 0 bridgehead atoms. The summed E-state index contributed by atoms with van der Waals surface area (Å²) in [5.41, 5.74) is 2.04. The first-order valence-corrected chi connectivity index (χ1v) is 10.5. The number of nitrogens with zero attached hydrogens (tertiary/aromatic N) is 4. The average molecular weight is 444 g/mol. The Morgan fingerprint density at radius 1 is 1.12 bits per heavy atom.